The smallest absolute Gasteiger partial charge is 0.333 e. The van der Waals surface area contributed by atoms with Gasteiger partial charge in [-0.15, -0.1) is 0 Å². The number of cyclic esters (lactones) is 1. The van der Waals surface area contributed by atoms with Gasteiger partial charge in [-0.3, -0.25) is 4.79 Å². The van der Waals surface area contributed by atoms with Crippen molar-refractivity contribution in [2.45, 2.75) is 25.6 Å². The van der Waals surface area contributed by atoms with Gasteiger partial charge in [0, 0.05) is 30.4 Å². The third-order valence-corrected chi connectivity index (χ3v) is 4.74. The molecule has 3 rings (SSSR count). The number of hydrogen-bond donors (Lipinski definition) is 0. The van der Waals surface area contributed by atoms with Crippen LogP contribution in [0.4, 0.5) is 0 Å². The van der Waals surface area contributed by atoms with Crippen LogP contribution in [0.15, 0.2) is 12.2 Å². The summed E-state index contributed by atoms with van der Waals surface area (Å²) in [5, 5.41) is 0. The maximum absolute atomic E-state index is 11.7. The minimum Gasteiger partial charge on any atom is -0.465 e. The Bertz CT molecular complexity index is 443. The minimum atomic E-state index is -0.388. The van der Waals surface area contributed by atoms with Crippen molar-refractivity contribution in [3.63, 3.8) is 0 Å². The van der Waals surface area contributed by atoms with E-state index in [4.69, 9.17) is 14.2 Å². The van der Waals surface area contributed by atoms with Crippen LogP contribution in [0.2, 0.25) is 0 Å². The highest BCUT2D eigenvalue weighted by atomic mass is 16.6. The topological polar surface area (TPSA) is 61.8 Å². The number of carbonyl (C=O) groups excluding carboxylic acids is 2. The average molecular weight is 266 g/mol. The number of hydrogen-bond acceptors (Lipinski definition) is 5. The highest BCUT2D eigenvalue weighted by Crippen LogP contribution is 2.56. The summed E-state index contributed by atoms with van der Waals surface area (Å²) in [5.74, 6) is -0.139. The van der Waals surface area contributed by atoms with Crippen LogP contribution in [-0.4, -0.2) is 37.9 Å². The summed E-state index contributed by atoms with van der Waals surface area (Å²) in [5.41, 5.74) is 0.382. The van der Waals surface area contributed by atoms with Crippen molar-refractivity contribution >= 4 is 11.9 Å². The van der Waals surface area contributed by atoms with E-state index < -0.39 is 0 Å². The largest absolute Gasteiger partial charge is 0.465 e. The molecule has 2 saturated carbocycles. The van der Waals surface area contributed by atoms with Crippen LogP contribution >= 0.6 is 0 Å². The molecule has 0 spiro atoms. The van der Waals surface area contributed by atoms with Gasteiger partial charge < -0.3 is 14.2 Å². The molecular formula is C14H18O5. The van der Waals surface area contributed by atoms with Gasteiger partial charge in [0.15, 0.2) is 0 Å². The van der Waals surface area contributed by atoms with Gasteiger partial charge in [0.25, 0.3) is 0 Å². The number of carbonyl (C=O) groups is 2. The zero-order chi connectivity index (χ0) is 13.7. The number of methoxy groups -OCH3 is 1. The van der Waals surface area contributed by atoms with Gasteiger partial charge in [-0.05, 0) is 13.3 Å². The molecule has 0 radical (unpaired) electrons. The maximum Gasteiger partial charge on any atom is 0.333 e. The molecule has 1 aliphatic heterocycles. The van der Waals surface area contributed by atoms with Gasteiger partial charge >= 0.3 is 11.9 Å². The van der Waals surface area contributed by atoms with Crippen LogP contribution < -0.4 is 0 Å². The summed E-state index contributed by atoms with van der Waals surface area (Å²) in [6.45, 7) is 5.67. The van der Waals surface area contributed by atoms with E-state index in [2.05, 4.69) is 6.58 Å². The molecule has 2 bridgehead atoms. The summed E-state index contributed by atoms with van der Waals surface area (Å²) in [7, 11) is 1.60. The van der Waals surface area contributed by atoms with E-state index in [-0.39, 0.29) is 47.8 Å². The Morgan fingerprint density at radius 3 is 2.68 bits per heavy atom. The molecule has 0 aromatic heterocycles. The lowest BCUT2D eigenvalue weighted by Gasteiger charge is -2.34. The van der Waals surface area contributed by atoms with Crippen molar-refractivity contribution in [1.29, 1.82) is 0 Å². The molecule has 5 heteroatoms. The molecule has 3 fully saturated rings. The van der Waals surface area contributed by atoms with Gasteiger partial charge in [-0.1, -0.05) is 6.58 Å². The highest BCUT2D eigenvalue weighted by molar-refractivity contribution is 5.87. The van der Waals surface area contributed by atoms with Crippen molar-refractivity contribution in [2.75, 3.05) is 13.7 Å². The Kier molecular flexibility index (Phi) is 2.89. The molecule has 0 aromatic rings. The van der Waals surface area contributed by atoms with Gasteiger partial charge in [0.2, 0.25) is 0 Å². The second kappa shape index (κ2) is 4.34. The fraction of sp³-hybridized carbons (Fsp3) is 0.714. The van der Waals surface area contributed by atoms with E-state index in [9.17, 15) is 9.59 Å². The molecule has 3 aliphatic rings. The zero-order valence-corrected chi connectivity index (χ0v) is 11.1. The number of fused-ring (bicyclic) bond motifs is 5. The molecule has 1 heterocycles. The van der Waals surface area contributed by atoms with Crippen molar-refractivity contribution in [2.24, 2.45) is 23.7 Å². The monoisotopic (exact) mass is 266 g/mol. The molecule has 0 N–H and O–H groups in total. The minimum absolute atomic E-state index is 0.0743. The normalized spacial score (nSPS) is 42.9. The van der Waals surface area contributed by atoms with E-state index in [1.54, 1.807) is 14.0 Å². The number of ether oxygens (including phenoxy) is 3. The lowest BCUT2D eigenvalue weighted by molar-refractivity contribution is -0.160. The van der Waals surface area contributed by atoms with E-state index in [0.717, 1.165) is 6.42 Å². The molecular weight excluding hydrogens is 248 g/mol. The maximum atomic E-state index is 11.7. The van der Waals surface area contributed by atoms with Gasteiger partial charge in [-0.25, -0.2) is 4.79 Å². The Hall–Kier alpha value is -1.36. The summed E-state index contributed by atoms with van der Waals surface area (Å²) in [6, 6.07) is 0. The van der Waals surface area contributed by atoms with E-state index in [1.807, 2.05) is 0 Å². The van der Waals surface area contributed by atoms with E-state index in [1.165, 1.54) is 0 Å². The van der Waals surface area contributed by atoms with Crippen LogP contribution in [0.1, 0.15) is 13.3 Å². The van der Waals surface area contributed by atoms with Crippen LogP contribution in [0.3, 0.4) is 0 Å². The first-order valence-corrected chi connectivity index (χ1v) is 6.60. The molecule has 0 amide bonds. The fourth-order valence-corrected chi connectivity index (χ4v) is 3.96. The van der Waals surface area contributed by atoms with E-state index in [0.29, 0.717) is 12.2 Å². The SMILES string of the molecule is C=C(C)C(=O)OC1C2CC(C1OC)C1C(=O)OCC21. The van der Waals surface area contributed by atoms with Crippen LogP contribution in [0, 0.1) is 23.7 Å². The zero-order valence-electron chi connectivity index (χ0n) is 11.1. The quantitative estimate of drug-likeness (QED) is 0.561. The fourth-order valence-electron chi connectivity index (χ4n) is 3.96. The van der Waals surface area contributed by atoms with Crippen LogP contribution in [-0.2, 0) is 23.8 Å². The average Bonchev–Trinajstić information content (AvgIpc) is 3.00. The molecule has 5 nitrogen and oxygen atoms in total. The molecule has 2 aliphatic carbocycles. The Morgan fingerprint density at radius 2 is 2.05 bits per heavy atom. The summed E-state index contributed by atoms with van der Waals surface area (Å²) < 4.78 is 16.1. The van der Waals surface area contributed by atoms with Crippen molar-refractivity contribution in [1.82, 2.24) is 0 Å². The van der Waals surface area contributed by atoms with Crippen molar-refractivity contribution in [3.8, 4) is 0 Å². The predicted molar refractivity (Wildman–Crippen MR) is 65.0 cm³/mol. The number of esters is 2. The van der Waals surface area contributed by atoms with Crippen molar-refractivity contribution < 1.29 is 23.8 Å². The lowest BCUT2D eigenvalue weighted by Crippen LogP contribution is -2.45. The summed E-state index contributed by atoms with van der Waals surface area (Å²) in [4.78, 5) is 23.5. The summed E-state index contributed by atoms with van der Waals surface area (Å²) >= 11 is 0. The Morgan fingerprint density at radius 1 is 1.32 bits per heavy atom. The standard InChI is InChI=1S/C14H18O5/c1-6(2)13(15)19-12-7-4-8(11(12)17-3)10-9(7)5-18-14(10)16/h7-12H,1,4-5H2,2-3H3. The molecule has 104 valence electrons. The van der Waals surface area contributed by atoms with Crippen molar-refractivity contribution in [3.05, 3.63) is 12.2 Å². The van der Waals surface area contributed by atoms with Crippen LogP contribution in [0.25, 0.3) is 0 Å². The molecule has 6 unspecified atom stereocenters. The lowest BCUT2D eigenvalue weighted by atomic mass is 9.78. The highest BCUT2D eigenvalue weighted by Gasteiger charge is 2.65. The third kappa shape index (κ3) is 1.71. The van der Waals surface area contributed by atoms with Gasteiger partial charge in [0.1, 0.15) is 6.10 Å². The second-order valence-corrected chi connectivity index (χ2v) is 5.73. The Balaban J connectivity index is 1.81. The molecule has 19 heavy (non-hydrogen) atoms. The number of rotatable bonds is 3. The first kappa shape index (κ1) is 12.7. The first-order chi connectivity index (χ1) is 9.04. The summed E-state index contributed by atoms with van der Waals surface area (Å²) in [6.07, 6.45) is 0.381. The molecule has 1 saturated heterocycles. The second-order valence-electron chi connectivity index (χ2n) is 5.73. The predicted octanol–water partition coefficient (Wildman–Crippen LogP) is 0.928. The van der Waals surface area contributed by atoms with Gasteiger partial charge in [-0.2, -0.15) is 0 Å². The van der Waals surface area contributed by atoms with Crippen LogP contribution in [0.5, 0.6) is 0 Å². The first-order valence-electron chi connectivity index (χ1n) is 6.60. The third-order valence-electron chi connectivity index (χ3n) is 4.74. The molecule has 6 atom stereocenters. The van der Waals surface area contributed by atoms with E-state index >= 15 is 0 Å². The Labute approximate surface area is 111 Å². The molecule has 0 aromatic carbocycles. The van der Waals surface area contributed by atoms with Gasteiger partial charge in [0.05, 0.1) is 18.6 Å².